The van der Waals surface area contributed by atoms with Crippen LogP contribution in [0.2, 0.25) is 5.02 Å². The number of hydrogen-bond donors (Lipinski definition) is 3. The summed E-state index contributed by atoms with van der Waals surface area (Å²) in [7, 11) is 0. The van der Waals surface area contributed by atoms with Crippen molar-refractivity contribution in [3.63, 3.8) is 0 Å². The van der Waals surface area contributed by atoms with Crippen molar-refractivity contribution in [3.05, 3.63) is 35.0 Å². The Morgan fingerprint density at radius 2 is 2.11 bits per heavy atom. The normalized spacial score (nSPS) is 25.2. The highest BCUT2D eigenvalue weighted by Crippen LogP contribution is 2.58. The van der Waals surface area contributed by atoms with Crippen molar-refractivity contribution < 1.29 is 23.2 Å². The molecule has 3 fully saturated rings. The molecule has 1 aromatic carbocycles. The van der Waals surface area contributed by atoms with Crippen LogP contribution in [-0.2, 0) is 9.59 Å². The number of H-pyrrole nitrogens is 1. The van der Waals surface area contributed by atoms with Crippen molar-refractivity contribution in [2.45, 2.75) is 56.5 Å². The molecule has 0 bridgehead atoms. The number of nitrogens with zero attached hydrogens (tertiary/aromatic N) is 2. The molecule has 2 aliphatic heterocycles. The summed E-state index contributed by atoms with van der Waals surface area (Å²) in [6, 6.07) is 6.93. The molecule has 0 radical (unpaired) electrons. The highest BCUT2D eigenvalue weighted by molar-refractivity contribution is 6.35. The quantitative estimate of drug-likeness (QED) is 0.563. The number of fused-ring (bicyclic) bond motifs is 1. The standard InChI is InChI=1S/C25H26ClF2N5O3/c26-17-5-1-3-14-8-18(32-20(14)17)23(36)33-13-24(11-25(27,28)12-24)9-19(33)22(35)31-16(10-29)7-15-4-2-6-30-21(15)34/h1,3,5,8,15-16,19,32H,2,4,6-7,9,11-13H2,(H,30,34)(H,31,35)/t15-,16-,19+/m0/s1. The van der Waals surface area contributed by atoms with Crippen LogP contribution in [0.5, 0.6) is 0 Å². The predicted octanol–water partition coefficient (Wildman–Crippen LogP) is 3.38. The maximum Gasteiger partial charge on any atom is 0.271 e. The third-order valence-corrected chi connectivity index (χ3v) is 7.88. The van der Waals surface area contributed by atoms with Gasteiger partial charge in [0, 0.05) is 42.7 Å². The van der Waals surface area contributed by atoms with Gasteiger partial charge in [-0.3, -0.25) is 14.4 Å². The number of carbonyl (C=O) groups excluding carboxylic acids is 3. The molecule has 3 heterocycles. The highest BCUT2D eigenvalue weighted by atomic mass is 35.5. The molecule has 11 heteroatoms. The predicted molar refractivity (Wildman–Crippen MR) is 127 cm³/mol. The fraction of sp³-hybridized carbons (Fsp3) is 0.520. The van der Waals surface area contributed by atoms with Crippen molar-refractivity contribution in [1.82, 2.24) is 20.5 Å². The minimum Gasteiger partial charge on any atom is -0.356 e. The van der Waals surface area contributed by atoms with Gasteiger partial charge in [-0.15, -0.1) is 0 Å². The van der Waals surface area contributed by atoms with E-state index in [0.29, 0.717) is 28.9 Å². The fourth-order valence-electron chi connectivity index (χ4n) is 5.95. The highest BCUT2D eigenvalue weighted by Gasteiger charge is 2.62. The van der Waals surface area contributed by atoms with Gasteiger partial charge in [-0.25, -0.2) is 8.78 Å². The SMILES string of the molecule is N#C[C@H](C[C@@H]1CCCNC1=O)NC(=O)[C@H]1CC2(CN1C(=O)c1cc3cccc(Cl)c3[nH]1)CC(F)(F)C2. The number of alkyl halides is 2. The number of para-hydroxylation sites is 1. The summed E-state index contributed by atoms with van der Waals surface area (Å²) in [4.78, 5) is 43.3. The number of halogens is 3. The summed E-state index contributed by atoms with van der Waals surface area (Å²) in [5.41, 5.74) is -0.0754. The van der Waals surface area contributed by atoms with Crippen molar-refractivity contribution >= 4 is 40.2 Å². The molecule has 0 unspecified atom stereocenters. The van der Waals surface area contributed by atoms with Crippen molar-refractivity contribution in [2.24, 2.45) is 11.3 Å². The second-order valence-electron chi connectivity index (χ2n) is 10.3. The molecular formula is C25H26ClF2N5O3. The molecule has 5 rings (SSSR count). The van der Waals surface area contributed by atoms with E-state index in [1.807, 2.05) is 6.07 Å². The molecule has 8 nitrogen and oxygen atoms in total. The van der Waals surface area contributed by atoms with E-state index in [0.717, 1.165) is 6.42 Å². The molecule has 36 heavy (non-hydrogen) atoms. The lowest BCUT2D eigenvalue weighted by atomic mass is 9.65. The van der Waals surface area contributed by atoms with Gasteiger partial charge in [-0.2, -0.15) is 5.26 Å². The van der Waals surface area contributed by atoms with Gasteiger partial charge in [0.2, 0.25) is 17.7 Å². The summed E-state index contributed by atoms with van der Waals surface area (Å²) in [5.74, 6) is -4.43. The van der Waals surface area contributed by atoms with Gasteiger partial charge in [0.05, 0.1) is 16.6 Å². The van der Waals surface area contributed by atoms with Gasteiger partial charge in [0.15, 0.2) is 0 Å². The number of aromatic amines is 1. The van der Waals surface area contributed by atoms with E-state index >= 15 is 0 Å². The molecule has 3 N–H and O–H groups in total. The number of benzene rings is 1. The molecular weight excluding hydrogens is 492 g/mol. The Hall–Kier alpha value is -3.19. The maximum absolute atomic E-state index is 13.9. The lowest BCUT2D eigenvalue weighted by Crippen LogP contribution is -2.50. The Labute approximate surface area is 211 Å². The second-order valence-corrected chi connectivity index (χ2v) is 10.7. The zero-order valence-electron chi connectivity index (χ0n) is 19.5. The van der Waals surface area contributed by atoms with Crippen LogP contribution in [-0.4, -0.2) is 58.7 Å². The molecule has 2 saturated heterocycles. The van der Waals surface area contributed by atoms with E-state index in [1.165, 1.54) is 4.90 Å². The van der Waals surface area contributed by atoms with Gasteiger partial charge in [0.1, 0.15) is 17.8 Å². The van der Waals surface area contributed by atoms with Crippen molar-refractivity contribution in [3.8, 4) is 6.07 Å². The van der Waals surface area contributed by atoms with E-state index in [9.17, 15) is 28.4 Å². The smallest absolute Gasteiger partial charge is 0.271 e. The summed E-state index contributed by atoms with van der Waals surface area (Å²) in [6.07, 6.45) is 0.863. The number of nitrogens with one attached hydrogen (secondary N) is 3. The number of likely N-dealkylation sites (tertiary alicyclic amines) is 1. The number of hydrogen-bond acceptors (Lipinski definition) is 4. The zero-order chi connectivity index (χ0) is 25.7. The van der Waals surface area contributed by atoms with Gasteiger partial charge >= 0.3 is 0 Å². The number of rotatable bonds is 5. The van der Waals surface area contributed by atoms with Crippen LogP contribution in [0.15, 0.2) is 24.3 Å². The third kappa shape index (κ3) is 4.52. The van der Waals surface area contributed by atoms with Crippen LogP contribution in [0, 0.1) is 22.7 Å². The maximum atomic E-state index is 13.9. The van der Waals surface area contributed by atoms with Crippen LogP contribution in [0.3, 0.4) is 0 Å². The molecule has 3 amide bonds. The number of aromatic nitrogens is 1. The zero-order valence-corrected chi connectivity index (χ0v) is 20.2. The first-order valence-corrected chi connectivity index (χ1v) is 12.4. The van der Waals surface area contributed by atoms with Gasteiger partial charge in [-0.05, 0) is 37.8 Å². The number of amides is 3. The van der Waals surface area contributed by atoms with Crippen LogP contribution in [0.1, 0.15) is 49.0 Å². The van der Waals surface area contributed by atoms with Crippen LogP contribution in [0.25, 0.3) is 10.9 Å². The van der Waals surface area contributed by atoms with E-state index < -0.39 is 54.0 Å². The van der Waals surface area contributed by atoms with Crippen LogP contribution in [0.4, 0.5) is 8.78 Å². The lowest BCUT2D eigenvalue weighted by Gasteiger charge is -2.44. The molecule has 2 aromatic rings. The Balaban J connectivity index is 1.36. The van der Waals surface area contributed by atoms with Crippen molar-refractivity contribution in [2.75, 3.05) is 13.1 Å². The summed E-state index contributed by atoms with van der Waals surface area (Å²) in [6.45, 7) is 0.606. The minimum absolute atomic E-state index is 0.0187. The van der Waals surface area contributed by atoms with Gasteiger partial charge < -0.3 is 20.5 Å². The van der Waals surface area contributed by atoms with Crippen molar-refractivity contribution in [1.29, 1.82) is 5.26 Å². The van der Waals surface area contributed by atoms with Gasteiger partial charge in [0.25, 0.3) is 5.91 Å². The fourth-order valence-corrected chi connectivity index (χ4v) is 6.18. The van der Waals surface area contributed by atoms with Crippen LogP contribution >= 0.6 is 11.6 Å². The molecule has 1 aliphatic carbocycles. The molecule has 3 atom stereocenters. The summed E-state index contributed by atoms with van der Waals surface area (Å²) in [5, 5.41) is 16.2. The Bertz CT molecular complexity index is 1260. The van der Waals surface area contributed by atoms with E-state index in [2.05, 4.69) is 15.6 Å². The number of nitriles is 1. The molecule has 190 valence electrons. The average Bonchev–Trinajstić information content (AvgIpc) is 3.42. The Morgan fingerprint density at radius 1 is 1.33 bits per heavy atom. The Morgan fingerprint density at radius 3 is 2.78 bits per heavy atom. The van der Waals surface area contributed by atoms with E-state index in [-0.39, 0.29) is 31.0 Å². The topological polar surface area (TPSA) is 118 Å². The minimum atomic E-state index is -2.82. The molecule has 1 aromatic heterocycles. The molecule has 1 spiro atoms. The monoisotopic (exact) mass is 517 g/mol. The number of piperidine rings is 1. The van der Waals surface area contributed by atoms with E-state index in [4.69, 9.17) is 11.6 Å². The molecule has 3 aliphatic rings. The average molecular weight is 518 g/mol. The first kappa shape index (κ1) is 24.5. The first-order chi connectivity index (χ1) is 17.1. The largest absolute Gasteiger partial charge is 0.356 e. The second kappa shape index (κ2) is 9.04. The summed E-state index contributed by atoms with van der Waals surface area (Å²) < 4.78 is 27.7. The van der Waals surface area contributed by atoms with Crippen LogP contribution < -0.4 is 10.6 Å². The third-order valence-electron chi connectivity index (χ3n) is 7.57. The Kier molecular flexibility index (Phi) is 6.15. The summed E-state index contributed by atoms with van der Waals surface area (Å²) >= 11 is 6.22. The van der Waals surface area contributed by atoms with E-state index in [1.54, 1.807) is 24.3 Å². The van der Waals surface area contributed by atoms with Gasteiger partial charge in [-0.1, -0.05) is 23.7 Å². The number of carbonyl (C=O) groups is 3. The first-order valence-electron chi connectivity index (χ1n) is 12.0. The molecule has 1 saturated carbocycles. The lowest BCUT2D eigenvalue weighted by molar-refractivity contribution is -0.155.